The van der Waals surface area contributed by atoms with Gasteiger partial charge in [0.2, 0.25) is 5.91 Å². The zero-order chi connectivity index (χ0) is 12.9. The van der Waals surface area contributed by atoms with Crippen LogP contribution in [0.1, 0.15) is 33.3 Å². The molecule has 0 bridgehead atoms. The lowest BCUT2D eigenvalue weighted by Crippen LogP contribution is -2.18. The second kappa shape index (κ2) is 6.10. The topological polar surface area (TPSA) is 29.1 Å². The molecule has 1 rings (SSSR count). The number of thioether (sulfide) groups is 1. The molecular formula is C14H21NOS. The van der Waals surface area contributed by atoms with Crippen LogP contribution in [0.15, 0.2) is 24.3 Å². The van der Waals surface area contributed by atoms with Crippen LogP contribution in [0.25, 0.3) is 0 Å². The number of amides is 1. The van der Waals surface area contributed by atoms with E-state index in [1.54, 1.807) is 11.8 Å². The van der Waals surface area contributed by atoms with Gasteiger partial charge >= 0.3 is 0 Å². The van der Waals surface area contributed by atoms with Crippen molar-refractivity contribution in [1.82, 2.24) is 0 Å². The molecule has 0 spiro atoms. The first-order valence-corrected chi connectivity index (χ1v) is 6.92. The van der Waals surface area contributed by atoms with E-state index in [2.05, 4.69) is 33.0 Å². The highest BCUT2D eigenvalue weighted by molar-refractivity contribution is 8.01. The summed E-state index contributed by atoms with van der Waals surface area (Å²) in [4.78, 5) is 11.7. The minimum Gasteiger partial charge on any atom is -0.325 e. The molecule has 94 valence electrons. The van der Waals surface area contributed by atoms with Crippen LogP contribution in [-0.2, 0) is 11.2 Å². The van der Waals surface area contributed by atoms with Crippen molar-refractivity contribution in [2.45, 2.75) is 38.9 Å². The molecular weight excluding hydrogens is 230 g/mol. The van der Waals surface area contributed by atoms with E-state index in [0.29, 0.717) is 5.75 Å². The van der Waals surface area contributed by atoms with E-state index in [1.807, 2.05) is 24.3 Å². The van der Waals surface area contributed by atoms with E-state index >= 15 is 0 Å². The average Bonchev–Trinajstić information content (AvgIpc) is 2.27. The number of carbonyl (C=O) groups is 1. The third kappa shape index (κ3) is 5.78. The number of aryl methyl sites for hydroxylation is 1. The number of hydrogen-bond acceptors (Lipinski definition) is 2. The fraction of sp³-hybridized carbons (Fsp3) is 0.500. The Morgan fingerprint density at radius 3 is 2.29 bits per heavy atom. The van der Waals surface area contributed by atoms with Crippen LogP contribution >= 0.6 is 11.8 Å². The number of benzene rings is 1. The number of anilines is 1. The lowest BCUT2D eigenvalue weighted by molar-refractivity contribution is -0.113. The lowest BCUT2D eigenvalue weighted by Gasteiger charge is -2.17. The van der Waals surface area contributed by atoms with Gasteiger partial charge in [-0.05, 0) is 24.1 Å². The maximum absolute atomic E-state index is 11.7. The smallest absolute Gasteiger partial charge is 0.234 e. The van der Waals surface area contributed by atoms with Crippen molar-refractivity contribution < 1.29 is 4.79 Å². The molecule has 0 aliphatic heterocycles. The van der Waals surface area contributed by atoms with Gasteiger partial charge < -0.3 is 5.32 Å². The maximum atomic E-state index is 11.7. The number of hydrogen-bond donors (Lipinski definition) is 1. The molecule has 0 saturated carbocycles. The van der Waals surface area contributed by atoms with Crippen LogP contribution in [-0.4, -0.2) is 16.4 Å². The first-order chi connectivity index (χ1) is 7.90. The van der Waals surface area contributed by atoms with Crippen LogP contribution in [0.5, 0.6) is 0 Å². The molecule has 0 saturated heterocycles. The summed E-state index contributed by atoms with van der Waals surface area (Å²) in [6.07, 6.45) is 1.02. The summed E-state index contributed by atoms with van der Waals surface area (Å²) >= 11 is 1.66. The molecule has 17 heavy (non-hydrogen) atoms. The third-order valence-electron chi connectivity index (χ3n) is 2.28. The molecule has 2 nitrogen and oxygen atoms in total. The second-order valence-corrected chi connectivity index (χ2v) is 6.80. The van der Waals surface area contributed by atoms with Gasteiger partial charge in [-0.2, -0.15) is 0 Å². The predicted molar refractivity (Wildman–Crippen MR) is 76.7 cm³/mol. The van der Waals surface area contributed by atoms with E-state index in [4.69, 9.17) is 0 Å². The van der Waals surface area contributed by atoms with Gasteiger partial charge in [-0.25, -0.2) is 0 Å². The van der Waals surface area contributed by atoms with Crippen molar-refractivity contribution in [3.63, 3.8) is 0 Å². The summed E-state index contributed by atoms with van der Waals surface area (Å²) < 4.78 is 0.128. The van der Waals surface area contributed by atoms with Crippen LogP contribution in [0.2, 0.25) is 0 Å². The molecule has 0 radical (unpaired) electrons. The van der Waals surface area contributed by atoms with E-state index in [9.17, 15) is 4.79 Å². The standard InChI is InChI=1S/C14H21NOS/c1-5-11-6-8-12(9-7-11)15-13(16)10-17-14(2,3)4/h6-9H,5,10H2,1-4H3,(H,15,16). The Morgan fingerprint density at radius 1 is 1.24 bits per heavy atom. The molecule has 0 aromatic heterocycles. The van der Waals surface area contributed by atoms with Gasteiger partial charge in [0.05, 0.1) is 5.75 Å². The number of nitrogens with one attached hydrogen (secondary N) is 1. The van der Waals surface area contributed by atoms with Crippen molar-refractivity contribution in [2.75, 3.05) is 11.1 Å². The van der Waals surface area contributed by atoms with Crippen LogP contribution in [0.4, 0.5) is 5.69 Å². The molecule has 0 heterocycles. The summed E-state index contributed by atoms with van der Waals surface area (Å²) in [6, 6.07) is 8.01. The normalized spacial score (nSPS) is 11.3. The maximum Gasteiger partial charge on any atom is 0.234 e. The number of carbonyl (C=O) groups excluding carboxylic acids is 1. The fourth-order valence-corrected chi connectivity index (χ4v) is 1.94. The zero-order valence-corrected chi connectivity index (χ0v) is 11.9. The Balaban J connectivity index is 2.45. The lowest BCUT2D eigenvalue weighted by atomic mass is 10.1. The summed E-state index contributed by atoms with van der Waals surface area (Å²) in [5.74, 6) is 0.563. The van der Waals surface area contributed by atoms with Gasteiger partial charge in [-0.15, -0.1) is 11.8 Å². The molecule has 1 aromatic rings. The van der Waals surface area contributed by atoms with Gasteiger partial charge in [0, 0.05) is 10.4 Å². The molecule has 1 N–H and O–H groups in total. The summed E-state index contributed by atoms with van der Waals surface area (Å²) in [5, 5.41) is 2.91. The monoisotopic (exact) mass is 251 g/mol. The summed E-state index contributed by atoms with van der Waals surface area (Å²) in [5.41, 5.74) is 2.16. The first kappa shape index (κ1) is 14.1. The molecule has 1 aromatic carbocycles. The van der Waals surface area contributed by atoms with E-state index < -0.39 is 0 Å². The van der Waals surface area contributed by atoms with Crippen molar-refractivity contribution in [3.05, 3.63) is 29.8 Å². The molecule has 0 aliphatic carbocycles. The Labute approximate surface area is 108 Å². The van der Waals surface area contributed by atoms with E-state index in [1.165, 1.54) is 5.56 Å². The average molecular weight is 251 g/mol. The van der Waals surface area contributed by atoms with Crippen LogP contribution < -0.4 is 5.32 Å². The van der Waals surface area contributed by atoms with Crippen LogP contribution in [0.3, 0.4) is 0 Å². The Hall–Kier alpha value is -0.960. The Bertz CT molecular complexity index is 365. The van der Waals surface area contributed by atoms with Crippen molar-refractivity contribution in [3.8, 4) is 0 Å². The van der Waals surface area contributed by atoms with E-state index in [0.717, 1.165) is 12.1 Å². The molecule has 1 amide bonds. The van der Waals surface area contributed by atoms with E-state index in [-0.39, 0.29) is 10.7 Å². The second-order valence-electron chi connectivity index (χ2n) is 5.00. The first-order valence-electron chi connectivity index (χ1n) is 5.93. The minimum atomic E-state index is 0.0640. The minimum absolute atomic E-state index is 0.0640. The number of rotatable bonds is 4. The van der Waals surface area contributed by atoms with Gasteiger partial charge in [0.25, 0.3) is 0 Å². The highest BCUT2D eigenvalue weighted by atomic mass is 32.2. The highest BCUT2D eigenvalue weighted by Crippen LogP contribution is 2.23. The molecule has 3 heteroatoms. The van der Waals surface area contributed by atoms with Crippen molar-refractivity contribution >= 4 is 23.4 Å². The van der Waals surface area contributed by atoms with Gasteiger partial charge in [-0.3, -0.25) is 4.79 Å². The summed E-state index contributed by atoms with van der Waals surface area (Å²) in [7, 11) is 0. The predicted octanol–water partition coefficient (Wildman–Crippen LogP) is 3.72. The molecule has 0 unspecified atom stereocenters. The van der Waals surface area contributed by atoms with Gasteiger partial charge in [-0.1, -0.05) is 39.8 Å². The van der Waals surface area contributed by atoms with Gasteiger partial charge in [0.1, 0.15) is 0 Å². The molecule has 0 atom stereocenters. The fourth-order valence-electron chi connectivity index (χ4n) is 1.30. The SMILES string of the molecule is CCc1ccc(NC(=O)CSC(C)(C)C)cc1. The Morgan fingerprint density at radius 2 is 1.82 bits per heavy atom. The zero-order valence-electron chi connectivity index (χ0n) is 11.0. The summed E-state index contributed by atoms with van der Waals surface area (Å²) in [6.45, 7) is 8.45. The quantitative estimate of drug-likeness (QED) is 0.883. The van der Waals surface area contributed by atoms with Crippen molar-refractivity contribution in [2.24, 2.45) is 0 Å². The molecule has 0 aliphatic rings. The Kier molecular flexibility index (Phi) is 5.06. The van der Waals surface area contributed by atoms with Crippen LogP contribution in [0, 0.1) is 0 Å². The molecule has 0 fully saturated rings. The van der Waals surface area contributed by atoms with Gasteiger partial charge in [0.15, 0.2) is 0 Å². The van der Waals surface area contributed by atoms with Crippen molar-refractivity contribution in [1.29, 1.82) is 0 Å². The third-order valence-corrected chi connectivity index (χ3v) is 3.55. The highest BCUT2D eigenvalue weighted by Gasteiger charge is 2.13. The largest absolute Gasteiger partial charge is 0.325 e.